The van der Waals surface area contributed by atoms with E-state index < -0.39 is 11.7 Å². The van der Waals surface area contributed by atoms with Crippen molar-refractivity contribution in [2.24, 2.45) is 0 Å². The molecule has 0 atom stereocenters. The van der Waals surface area contributed by atoms with Gasteiger partial charge in [-0.15, -0.1) is 0 Å². The van der Waals surface area contributed by atoms with Gasteiger partial charge in [0, 0.05) is 38.6 Å². The number of imidazole rings is 1. The number of H-pyrrole nitrogens is 1. The number of aromatic amines is 1. The van der Waals surface area contributed by atoms with Crippen LogP contribution in [-0.4, -0.2) is 34.5 Å². The van der Waals surface area contributed by atoms with Gasteiger partial charge in [-0.05, 0) is 6.07 Å². The number of nitrogens with one attached hydrogen (secondary N) is 3. The molecule has 0 spiro atoms. The number of aromatic nitrogens is 3. The highest BCUT2D eigenvalue weighted by atomic mass is 19.1. The van der Waals surface area contributed by atoms with Crippen LogP contribution in [0, 0.1) is 5.82 Å². The van der Waals surface area contributed by atoms with Gasteiger partial charge in [-0.1, -0.05) is 0 Å². The number of halogens is 1. The second-order valence-corrected chi connectivity index (χ2v) is 3.81. The van der Waals surface area contributed by atoms with Crippen LogP contribution < -0.4 is 10.6 Å². The van der Waals surface area contributed by atoms with Crippen LogP contribution in [0.4, 0.5) is 10.2 Å². The van der Waals surface area contributed by atoms with Gasteiger partial charge in [0.1, 0.15) is 5.82 Å². The number of nitrogens with zero attached hydrogens (tertiary/aromatic N) is 2. The predicted molar refractivity (Wildman–Crippen MR) is 68.4 cm³/mol. The average molecular weight is 263 g/mol. The van der Waals surface area contributed by atoms with Crippen LogP contribution >= 0.6 is 0 Å². The molecule has 2 aromatic heterocycles. The van der Waals surface area contributed by atoms with Crippen LogP contribution in [0.15, 0.2) is 24.7 Å². The molecule has 19 heavy (non-hydrogen) atoms. The molecule has 2 aromatic rings. The third-order valence-corrected chi connectivity index (χ3v) is 2.57. The number of carbonyl (C=O) groups is 1. The van der Waals surface area contributed by atoms with E-state index in [1.165, 1.54) is 12.3 Å². The van der Waals surface area contributed by atoms with Crippen molar-refractivity contribution in [3.63, 3.8) is 0 Å². The maximum absolute atomic E-state index is 13.8. The molecule has 3 N–H and O–H groups in total. The first kappa shape index (κ1) is 13.0. The lowest BCUT2D eigenvalue weighted by Crippen LogP contribution is -2.27. The second kappa shape index (κ2) is 5.94. The van der Waals surface area contributed by atoms with E-state index in [4.69, 9.17) is 0 Å². The van der Waals surface area contributed by atoms with Crippen molar-refractivity contribution in [3.8, 4) is 0 Å². The van der Waals surface area contributed by atoms with E-state index in [1.54, 1.807) is 19.4 Å². The van der Waals surface area contributed by atoms with Crippen LogP contribution in [0.3, 0.4) is 0 Å². The van der Waals surface area contributed by atoms with Gasteiger partial charge < -0.3 is 15.6 Å². The lowest BCUT2D eigenvalue weighted by Gasteiger charge is -2.07. The lowest BCUT2D eigenvalue weighted by molar-refractivity contribution is 0.0950. The summed E-state index contributed by atoms with van der Waals surface area (Å²) in [5, 5.41) is 5.22. The van der Waals surface area contributed by atoms with Gasteiger partial charge in [0.05, 0.1) is 5.56 Å². The second-order valence-electron chi connectivity index (χ2n) is 3.81. The Morgan fingerprint density at radius 3 is 2.95 bits per heavy atom. The number of hydrogen-bond donors (Lipinski definition) is 3. The number of anilines is 1. The van der Waals surface area contributed by atoms with Crippen molar-refractivity contribution in [2.45, 2.75) is 6.42 Å². The van der Waals surface area contributed by atoms with E-state index >= 15 is 0 Å². The molecular weight excluding hydrogens is 249 g/mol. The van der Waals surface area contributed by atoms with Crippen molar-refractivity contribution < 1.29 is 9.18 Å². The van der Waals surface area contributed by atoms with Crippen molar-refractivity contribution >= 4 is 11.7 Å². The van der Waals surface area contributed by atoms with Crippen molar-refractivity contribution in [1.29, 1.82) is 0 Å². The number of carbonyl (C=O) groups excluding carboxylic acids is 1. The summed E-state index contributed by atoms with van der Waals surface area (Å²) in [5.41, 5.74) is -0.0289. The van der Waals surface area contributed by atoms with Gasteiger partial charge in [-0.2, -0.15) is 0 Å². The molecule has 0 aromatic carbocycles. The zero-order valence-corrected chi connectivity index (χ0v) is 10.4. The molecular formula is C12H14FN5O. The molecule has 7 heteroatoms. The van der Waals surface area contributed by atoms with Gasteiger partial charge in [0.2, 0.25) is 0 Å². The van der Waals surface area contributed by atoms with E-state index in [0.29, 0.717) is 13.0 Å². The average Bonchev–Trinajstić information content (AvgIpc) is 2.92. The molecule has 0 fully saturated rings. The summed E-state index contributed by atoms with van der Waals surface area (Å²) in [6.07, 6.45) is 5.29. The maximum atomic E-state index is 13.8. The van der Waals surface area contributed by atoms with Gasteiger partial charge >= 0.3 is 0 Å². The van der Waals surface area contributed by atoms with Gasteiger partial charge in [-0.25, -0.2) is 14.4 Å². The summed E-state index contributed by atoms with van der Waals surface area (Å²) in [7, 11) is 1.55. The minimum Gasteiger partial charge on any atom is -0.371 e. The van der Waals surface area contributed by atoms with Crippen molar-refractivity contribution in [1.82, 2.24) is 20.3 Å². The van der Waals surface area contributed by atoms with Crippen LogP contribution in [0.25, 0.3) is 0 Å². The van der Waals surface area contributed by atoms with E-state index in [2.05, 4.69) is 25.6 Å². The summed E-state index contributed by atoms with van der Waals surface area (Å²) in [6.45, 7) is 0.378. The van der Waals surface area contributed by atoms with Gasteiger partial charge in [0.25, 0.3) is 5.91 Å². The molecule has 2 heterocycles. The summed E-state index contributed by atoms with van der Waals surface area (Å²) in [4.78, 5) is 22.6. The fraction of sp³-hybridized carbons (Fsp3) is 0.250. The molecule has 0 saturated heterocycles. The lowest BCUT2D eigenvalue weighted by atomic mass is 10.2. The van der Waals surface area contributed by atoms with Crippen LogP contribution in [-0.2, 0) is 6.42 Å². The summed E-state index contributed by atoms with van der Waals surface area (Å²) in [6, 6.07) is 1.35. The Kier molecular flexibility index (Phi) is 4.07. The number of hydrogen-bond acceptors (Lipinski definition) is 4. The van der Waals surface area contributed by atoms with Crippen LogP contribution in [0.1, 0.15) is 16.2 Å². The SMILES string of the molecule is CNc1nccc(C(=O)NCCc2ncc[nH]2)c1F. The highest BCUT2D eigenvalue weighted by Gasteiger charge is 2.14. The highest BCUT2D eigenvalue weighted by molar-refractivity contribution is 5.95. The van der Waals surface area contributed by atoms with E-state index in [-0.39, 0.29) is 11.4 Å². The third kappa shape index (κ3) is 3.06. The zero-order chi connectivity index (χ0) is 13.7. The smallest absolute Gasteiger partial charge is 0.254 e. The Morgan fingerprint density at radius 1 is 1.42 bits per heavy atom. The summed E-state index contributed by atoms with van der Waals surface area (Å²) in [5.74, 6) is -0.298. The molecule has 1 amide bonds. The standard InChI is InChI=1S/C12H14FN5O/c1-14-11-10(13)8(2-4-17-11)12(19)18-5-3-9-15-6-7-16-9/h2,4,6-7H,3,5H2,1H3,(H,14,17)(H,15,16)(H,18,19). The largest absolute Gasteiger partial charge is 0.371 e. The zero-order valence-electron chi connectivity index (χ0n) is 10.4. The Bertz CT molecular complexity index is 555. The molecule has 0 saturated carbocycles. The van der Waals surface area contributed by atoms with E-state index in [9.17, 15) is 9.18 Å². The molecule has 0 aliphatic heterocycles. The molecule has 6 nitrogen and oxygen atoms in total. The summed E-state index contributed by atoms with van der Waals surface area (Å²) >= 11 is 0. The molecule has 0 unspecified atom stereocenters. The first-order valence-corrected chi connectivity index (χ1v) is 5.81. The Balaban J connectivity index is 1.96. The van der Waals surface area contributed by atoms with Crippen LogP contribution in [0.5, 0.6) is 0 Å². The minimum absolute atomic E-state index is 0.0289. The monoisotopic (exact) mass is 263 g/mol. The van der Waals surface area contributed by atoms with Crippen molar-refractivity contribution in [2.75, 3.05) is 18.9 Å². The summed E-state index contributed by atoms with van der Waals surface area (Å²) < 4.78 is 13.8. The predicted octanol–water partition coefficient (Wildman–Crippen LogP) is 0.958. The highest BCUT2D eigenvalue weighted by Crippen LogP contribution is 2.13. The van der Waals surface area contributed by atoms with Gasteiger partial charge in [-0.3, -0.25) is 4.79 Å². The van der Waals surface area contributed by atoms with Crippen molar-refractivity contribution in [3.05, 3.63) is 41.9 Å². The number of pyridine rings is 1. The fourth-order valence-corrected chi connectivity index (χ4v) is 1.62. The number of rotatable bonds is 5. The molecule has 0 bridgehead atoms. The Labute approximate surface area is 109 Å². The molecule has 0 aliphatic rings. The first-order valence-electron chi connectivity index (χ1n) is 5.81. The minimum atomic E-state index is -0.652. The maximum Gasteiger partial charge on any atom is 0.254 e. The molecule has 100 valence electrons. The van der Waals surface area contributed by atoms with Gasteiger partial charge in [0.15, 0.2) is 11.6 Å². The first-order chi connectivity index (χ1) is 9.22. The molecule has 2 rings (SSSR count). The Hall–Kier alpha value is -2.44. The third-order valence-electron chi connectivity index (χ3n) is 2.57. The molecule has 0 aliphatic carbocycles. The van der Waals surface area contributed by atoms with Crippen LogP contribution in [0.2, 0.25) is 0 Å². The Morgan fingerprint density at radius 2 is 2.26 bits per heavy atom. The van der Waals surface area contributed by atoms with E-state index in [1.807, 2.05) is 0 Å². The fourth-order valence-electron chi connectivity index (χ4n) is 1.62. The number of amides is 1. The van der Waals surface area contributed by atoms with E-state index in [0.717, 1.165) is 5.82 Å². The quantitative estimate of drug-likeness (QED) is 0.750. The molecule has 0 radical (unpaired) electrons. The normalized spacial score (nSPS) is 10.2. The topological polar surface area (TPSA) is 82.7 Å².